The number of para-hydroxylation sites is 1. The third-order valence-electron chi connectivity index (χ3n) is 5.30. The smallest absolute Gasteiger partial charge is 0.309 e. The summed E-state index contributed by atoms with van der Waals surface area (Å²) in [7, 11) is 0. The van der Waals surface area contributed by atoms with Crippen LogP contribution in [0, 0.1) is 23.1 Å². The molecule has 0 bridgehead atoms. The lowest BCUT2D eigenvalue weighted by molar-refractivity contribution is -0.164. The Bertz CT molecular complexity index is 877. The van der Waals surface area contributed by atoms with E-state index >= 15 is 0 Å². The first kappa shape index (κ1) is 20.7. The molecule has 1 aliphatic carbocycles. The molecule has 0 aromatic heterocycles. The number of allylic oxidation sites excluding steroid dienone is 1. The Morgan fingerprint density at radius 1 is 1.21 bits per heavy atom. The van der Waals surface area contributed by atoms with Gasteiger partial charge in [-0.1, -0.05) is 67.4 Å². The Morgan fingerprint density at radius 3 is 2.57 bits per heavy atom. The Hall–Kier alpha value is -2.04. The second-order valence-corrected chi connectivity index (χ2v) is 8.47. The summed E-state index contributed by atoms with van der Waals surface area (Å²) in [6, 6.07) is 13.4. The molecule has 1 fully saturated rings. The maximum atomic E-state index is 14.0. The number of carbonyl (C=O) groups excluding carboxylic acids is 1. The molecule has 3 rings (SSSR count). The minimum absolute atomic E-state index is 0.0492. The number of halogens is 3. The van der Waals surface area contributed by atoms with E-state index in [0.717, 1.165) is 0 Å². The van der Waals surface area contributed by atoms with Gasteiger partial charge in [0.15, 0.2) is 11.6 Å². The van der Waals surface area contributed by atoms with Crippen molar-refractivity contribution in [3.8, 4) is 11.5 Å². The molecule has 0 spiro atoms. The lowest BCUT2D eigenvalue weighted by atomic mass is 9.55. The zero-order chi connectivity index (χ0) is 20.3. The molecular weight excluding hydrogens is 402 g/mol. The summed E-state index contributed by atoms with van der Waals surface area (Å²) in [5, 5.41) is 0. The summed E-state index contributed by atoms with van der Waals surface area (Å²) in [6.07, 6.45) is 2.40. The third kappa shape index (κ3) is 4.68. The van der Waals surface area contributed by atoms with Crippen LogP contribution in [0.5, 0.6) is 11.5 Å². The second-order valence-electron chi connectivity index (χ2n) is 7.46. The van der Waals surface area contributed by atoms with Crippen LogP contribution in [0.15, 0.2) is 59.1 Å². The molecule has 2 aromatic carbocycles. The first-order valence-electron chi connectivity index (χ1n) is 8.98. The van der Waals surface area contributed by atoms with Crippen molar-refractivity contribution in [2.75, 3.05) is 0 Å². The fourth-order valence-corrected chi connectivity index (χ4v) is 3.68. The minimum Gasteiger partial charge on any atom is -0.461 e. The van der Waals surface area contributed by atoms with Gasteiger partial charge in [0.2, 0.25) is 0 Å². The number of ether oxygens (including phenoxy) is 2. The third-order valence-corrected chi connectivity index (χ3v) is 5.55. The SMILES string of the molecule is CC1(C)C(C=C(Cl)Cl)CC1C(=O)OCc1ccc(F)c(Oc2ccccc2)c1. The number of benzene rings is 2. The summed E-state index contributed by atoms with van der Waals surface area (Å²) in [5.41, 5.74) is 0.370. The molecule has 2 atom stereocenters. The van der Waals surface area contributed by atoms with E-state index in [1.165, 1.54) is 6.07 Å². The summed E-state index contributed by atoms with van der Waals surface area (Å²) in [5.74, 6) is -0.245. The highest BCUT2D eigenvalue weighted by atomic mass is 35.5. The van der Waals surface area contributed by atoms with Crippen molar-refractivity contribution in [2.45, 2.75) is 26.9 Å². The molecule has 2 aromatic rings. The van der Waals surface area contributed by atoms with Crippen LogP contribution in [0.3, 0.4) is 0 Å². The number of hydrogen-bond acceptors (Lipinski definition) is 3. The van der Waals surface area contributed by atoms with Crippen molar-refractivity contribution in [1.82, 2.24) is 0 Å². The summed E-state index contributed by atoms with van der Waals surface area (Å²) in [4.78, 5) is 12.5. The van der Waals surface area contributed by atoms with Crippen molar-refractivity contribution in [2.24, 2.45) is 17.3 Å². The van der Waals surface area contributed by atoms with E-state index in [0.29, 0.717) is 17.7 Å². The molecule has 28 heavy (non-hydrogen) atoms. The number of esters is 1. The van der Waals surface area contributed by atoms with Gasteiger partial charge < -0.3 is 9.47 Å². The topological polar surface area (TPSA) is 35.5 Å². The van der Waals surface area contributed by atoms with Gasteiger partial charge in [-0.15, -0.1) is 0 Å². The molecule has 0 heterocycles. The molecule has 2 unspecified atom stereocenters. The van der Waals surface area contributed by atoms with Crippen LogP contribution < -0.4 is 4.74 Å². The summed E-state index contributed by atoms with van der Waals surface area (Å²) >= 11 is 11.5. The zero-order valence-electron chi connectivity index (χ0n) is 15.6. The largest absolute Gasteiger partial charge is 0.461 e. The molecule has 0 saturated heterocycles. The molecule has 0 N–H and O–H groups in total. The molecule has 3 nitrogen and oxygen atoms in total. The van der Waals surface area contributed by atoms with Gasteiger partial charge in [0.05, 0.1) is 5.92 Å². The van der Waals surface area contributed by atoms with Gasteiger partial charge in [-0.25, -0.2) is 4.39 Å². The quantitative estimate of drug-likeness (QED) is 0.489. The van der Waals surface area contributed by atoms with Gasteiger partial charge in [-0.2, -0.15) is 0 Å². The van der Waals surface area contributed by atoms with Gasteiger partial charge >= 0.3 is 5.97 Å². The van der Waals surface area contributed by atoms with E-state index in [1.54, 1.807) is 42.5 Å². The lowest BCUT2D eigenvalue weighted by Gasteiger charge is -2.49. The molecule has 6 heteroatoms. The number of hydrogen-bond donors (Lipinski definition) is 0. The fourth-order valence-electron chi connectivity index (χ4n) is 3.38. The highest BCUT2D eigenvalue weighted by Crippen LogP contribution is 2.53. The highest BCUT2D eigenvalue weighted by molar-refractivity contribution is 6.55. The average molecular weight is 423 g/mol. The number of rotatable bonds is 6. The molecule has 148 valence electrons. The van der Waals surface area contributed by atoms with Crippen LogP contribution in [-0.2, 0) is 16.1 Å². The maximum Gasteiger partial charge on any atom is 0.309 e. The standard InChI is InChI=1S/C22H21Cl2FO3/c1-22(2)15(12-20(23)24)11-17(22)21(26)27-13-14-8-9-18(25)19(10-14)28-16-6-4-3-5-7-16/h3-10,12,15,17H,11,13H2,1-2H3. The second kappa shape index (κ2) is 8.54. The van der Waals surface area contributed by atoms with Crippen LogP contribution in [0.2, 0.25) is 0 Å². The van der Waals surface area contributed by atoms with Gasteiger partial charge in [0, 0.05) is 0 Å². The Balaban J connectivity index is 1.61. The fraction of sp³-hybridized carbons (Fsp3) is 0.318. The van der Waals surface area contributed by atoms with Gasteiger partial charge in [-0.05, 0) is 47.6 Å². The van der Waals surface area contributed by atoms with Gasteiger partial charge in [0.1, 0.15) is 16.8 Å². The van der Waals surface area contributed by atoms with Gasteiger partial charge in [-0.3, -0.25) is 4.79 Å². The monoisotopic (exact) mass is 422 g/mol. The normalized spacial score (nSPS) is 20.0. The van der Waals surface area contributed by atoms with Crippen molar-refractivity contribution < 1.29 is 18.7 Å². The van der Waals surface area contributed by atoms with Gasteiger partial charge in [0.25, 0.3) is 0 Å². The van der Waals surface area contributed by atoms with Crippen LogP contribution in [0.4, 0.5) is 4.39 Å². The van der Waals surface area contributed by atoms with Crippen molar-refractivity contribution in [1.29, 1.82) is 0 Å². The van der Waals surface area contributed by atoms with E-state index in [1.807, 2.05) is 19.9 Å². The lowest BCUT2D eigenvalue weighted by Crippen LogP contribution is -2.48. The predicted molar refractivity (Wildman–Crippen MR) is 108 cm³/mol. The zero-order valence-corrected chi connectivity index (χ0v) is 17.1. The van der Waals surface area contributed by atoms with Crippen molar-refractivity contribution >= 4 is 29.2 Å². The van der Waals surface area contributed by atoms with Crippen LogP contribution in [0.25, 0.3) is 0 Å². The summed E-state index contributed by atoms with van der Waals surface area (Å²) < 4.78 is 25.3. The highest BCUT2D eigenvalue weighted by Gasteiger charge is 2.51. The molecule has 0 aliphatic heterocycles. The van der Waals surface area contributed by atoms with Crippen LogP contribution in [0.1, 0.15) is 25.8 Å². The van der Waals surface area contributed by atoms with Crippen molar-refractivity contribution in [3.05, 3.63) is 70.5 Å². The first-order chi connectivity index (χ1) is 13.3. The Morgan fingerprint density at radius 2 is 1.93 bits per heavy atom. The molecule has 1 aliphatic rings. The molecule has 1 saturated carbocycles. The van der Waals surface area contributed by atoms with Crippen molar-refractivity contribution in [3.63, 3.8) is 0 Å². The molecular formula is C22H21Cl2FO3. The van der Waals surface area contributed by atoms with E-state index in [4.69, 9.17) is 32.7 Å². The van der Waals surface area contributed by atoms with E-state index in [9.17, 15) is 9.18 Å². The minimum atomic E-state index is -0.480. The molecule has 0 amide bonds. The maximum absolute atomic E-state index is 14.0. The van der Waals surface area contributed by atoms with E-state index < -0.39 is 5.82 Å². The molecule has 0 radical (unpaired) electrons. The van der Waals surface area contributed by atoms with E-state index in [2.05, 4.69) is 0 Å². The van der Waals surface area contributed by atoms with Crippen LogP contribution >= 0.6 is 23.2 Å². The Labute approximate surface area is 174 Å². The first-order valence-corrected chi connectivity index (χ1v) is 9.73. The van der Waals surface area contributed by atoms with E-state index in [-0.39, 0.29) is 40.1 Å². The predicted octanol–water partition coefficient (Wildman–Crippen LogP) is 6.64. The van der Waals surface area contributed by atoms with Crippen LogP contribution in [-0.4, -0.2) is 5.97 Å². The Kier molecular flexibility index (Phi) is 6.31. The number of carbonyl (C=O) groups is 1. The average Bonchev–Trinajstić information content (AvgIpc) is 2.66. The summed E-state index contributed by atoms with van der Waals surface area (Å²) in [6.45, 7) is 4.03.